The molecule has 16 heavy (non-hydrogen) atoms. The van der Waals surface area contributed by atoms with E-state index in [1.54, 1.807) is 0 Å². The monoisotopic (exact) mass is 229 g/mol. The second kappa shape index (κ2) is 6.86. The molecule has 0 spiro atoms. The van der Waals surface area contributed by atoms with Crippen LogP contribution in [0.25, 0.3) is 0 Å². The van der Waals surface area contributed by atoms with Gasteiger partial charge in [0.25, 0.3) is 0 Å². The van der Waals surface area contributed by atoms with Crippen molar-refractivity contribution in [1.82, 2.24) is 5.32 Å². The maximum atomic E-state index is 10.9. The maximum Gasteiger partial charge on any atom is 0.305 e. The second-order valence-electron chi connectivity index (χ2n) is 4.72. The van der Waals surface area contributed by atoms with Crippen LogP contribution in [0.5, 0.6) is 0 Å². The Morgan fingerprint density at radius 3 is 2.69 bits per heavy atom. The number of nitrogens with one attached hydrogen (secondary N) is 1. The fourth-order valence-electron chi connectivity index (χ4n) is 2.33. The number of aliphatic hydroxyl groups is 1. The van der Waals surface area contributed by atoms with Crippen LogP contribution < -0.4 is 5.32 Å². The van der Waals surface area contributed by atoms with Crippen LogP contribution in [-0.4, -0.2) is 37.9 Å². The van der Waals surface area contributed by atoms with E-state index < -0.39 is 0 Å². The van der Waals surface area contributed by atoms with Crippen molar-refractivity contribution >= 4 is 5.97 Å². The van der Waals surface area contributed by atoms with Crippen molar-refractivity contribution in [3.63, 3.8) is 0 Å². The summed E-state index contributed by atoms with van der Waals surface area (Å²) in [5.74, 6) is -0.153. The number of rotatable bonds is 7. The fraction of sp³-hybridized carbons (Fsp3) is 0.917. The molecule has 0 radical (unpaired) electrons. The molecule has 1 fully saturated rings. The van der Waals surface area contributed by atoms with E-state index >= 15 is 0 Å². The lowest BCUT2D eigenvalue weighted by Gasteiger charge is -2.26. The maximum absolute atomic E-state index is 10.9. The normalized spacial score (nSPS) is 18.6. The number of carbonyl (C=O) groups excluding carboxylic acids is 1. The van der Waals surface area contributed by atoms with E-state index in [1.165, 1.54) is 20.0 Å². The van der Waals surface area contributed by atoms with Crippen LogP contribution in [0.4, 0.5) is 0 Å². The number of hydrogen-bond acceptors (Lipinski definition) is 4. The molecule has 1 saturated carbocycles. The Morgan fingerprint density at radius 1 is 1.44 bits per heavy atom. The molecule has 2 N–H and O–H groups in total. The summed E-state index contributed by atoms with van der Waals surface area (Å²) in [5.41, 5.74) is 0.102. The minimum absolute atomic E-state index is 0.102. The molecule has 4 nitrogen and oxygen atoms in total. The molecule has 0 amide bonds. The molecular formula is C12H23NO3. The van der Waals surface area contributed by atoms with Crippen LogP contribution in [0.2, 0.25) is 0 Å². The summed E-state index contributed by atoms with van der Waals surface area (Å²) in [6.45, 7) is 1.96. The summed E-state index contributed by atoms with van der Waals surface area (Å²) >= 11 is 0. The molecule has 0 aliphatic heterocycles. The Hall–Kier alpha value is -0.610. The highest BCUT2D eigenvalue weighted by Gasteiger charge is 2.32. The van der Waals surface area contributed by atoms with E-state index in [2.05, 4.69) is 10.1 Å². The average Bonchev–Trinajstić information content (AvgIpc) is 2.77. The quantitative estimate of drug-likeness (QED) is 0.506. The standard InChI is InChI=1S/C12H23NO3/c1-16-11(15)5-4-8-13-9-12(10-14)6-2-3-7-12/h13-14H,2-10H2,1H3. The average molecular weight is 229 g/mol. The van der Waals surface area contributed by atoms with Crippen molar-refractivity contribution in [2.45, 2.75) is 38.5 Å². The summed E-state index contributed by atoms with van der Waals surface area (Å²) in [6.07, 6.45) is 5.96. The van der Waals surface area contributed by atoms with Gasteiger partial charge in [-0.2, -0.15) is 0 Å². The zero-order chi connectivity index (χ0) is 11.9. The smallest absolute Gasteiger partial charge is 0.305 e. The molecule has 1 aliphatic rings. The number of esters is 1. The topological polar surface area (TPSA) is 58.6 Å². The van der Waals surface area contributed by atoms with Crippen molar-refractivity contribution < 1.29 is 14.6 Å². The number of ether oxygens (including phenoxy) is 1. The number of carbonyl (C=O) groups is 1. The number of aliphatic hydroxyl groups excluding tert-OH is 1. The Kier molecular flexibility index (Phi) is 5.77. The van der Waals surface area contributed by atoms with Crippen LogP contribution in [0, 0.1) is 5.41 Å². The van der Waals surface area contributed by atoms with Crippen molar-refractivity contribution in [3.8, 4) is 0 Å². The van der Waals surface area contributed by atoms with Gasteiger partial charge in [-0.25, -0.2) is 0 Å². The lowest BCUT2D eigenvalue weighted by Crippen LogP contribution is -2.35. The molecule has 0 atom stereocenters. The summed E-state index contributed by atoms with van der Waals surface area (Å²) < 4.78 is 4.56. The third kappa shape index (κ3) is 4.10. The molecule has 1 rings (SSSR count). The molecular weight excluding hydrogens is 206 g/mol. The van der Waals surface area contributed by atoms with Gasteiger partial charge in [0.1, 0.15) is 0 Å². The lowest BCUT2D eigenvalue weighted by molar-refractivity contribution is -0.140. The molecule has 0 bridgehead atoms. The van der Waals surface area contributed by atoms with Gasteiger partial charge in [-0.15, -0.1) is 0 Å². The summed E-state index contributed by atoms with van der Waals surface area (Å²) in [4.78, 5) is 10.9. The van der Waals surface area contributed by atoms with Gasteiger partial charge in [0.15, 0.2) is 0 Å². The zero-order valence-corrected chi connectivity index (χ0v) is 10.1. The summed E-state index contributed by atoms with van der Waals surface area (Å²) in [6, 6.07) is 0. The molecule has 0 aromatic rings. The molecule has 4 heteroatoms. The first-order chi connectivity index (χ1) is 7.72. The highest BCUT2D eigenvalue weighted by Crippen LogP contribution is 2.36. The third-order valence-electron chi connectivity index (χ3n) is 3.46. The molecule has 94 valence electrons. The highest BCUT2D eigenvalue weighted by atomic mass is 16.5. The van der Waals surface area contributed by atoms with E-state index in [1.807, 2.05) is 0 Å². The minimum Gasteiger partial charge on any atom is -0.469 e. The first kappa shape index (κ1) is 13.5. The van der Waals surface area contributed by atoms with Crippen molar-refractivity contribution in [2.75, 3.05) is 26.8 Å². The lowest BCUT2D eigenvalue weighted by atomic mass is 9.87. The second-order valence-corrected chi connectivity index (χ2v) is 4.72. The molecule has 0 unspecified atom stereocenters. The van der Waals surface area contributed by atoms with Crippen molar-refractivity contribution in [1.29, 1.82) is 0 Å². The van der Waals surface area contributed by atoms with Crippen molar-refractivity contribution in [3.05, 3.63) is 0 Å². The summed E-state index contributed by atoms with van der Waals surface area (Å²) in [7, 11) is 1.41. The first-order valence-electron chi connectivity index (χ1n) is 6.11. The Labute approximate surface area is 97.4 Å². The largest absolute Gasteiger partial charge is 0.469 e. The van der Waals surface area contributed by atoms with Gasteiger partial charge in [0, 0.05) is 25.0 Å². The number of methoxy groups -OCH3 is 1. The van der Waals surface area contributed by atoms with E-state index in [9.17, 15) is 9.90 Å². The van der Waals surface area contributed by atoms with Gasteiger partial charge < -0.3 is 15.2 Å². The van der Waals surface area contributed by atoms with Gasteiger partial charge in [-0.3, -0.25) is 4.79 Å². The van der Waals surface area contributed by atoms with E-state index in [4.69, 9.17) is 0 Å². The predicted molar refractivity (Wildman–Crippen MR) is 62.1 cm³/mol. The van der Waals surface area contributed by atoms with E-state index in [-0.39, 0.29) is 18.0 Å². The van der Waals surface area contributed by atoms with Gasteiger partial charge in [0.2, 0.25) is 0 Å². The Morgan fingerprint density at radius 2 is 2.12 bits per heavy atom. The molecule has 0 aromatic carbocycles. The summed E-state index contributed by atoms with van der Waals surface area (Å²) in [5, 5.41) is 12.7. The van der Waals surface area contributed by atoms with Gasteiger partial charge >= 0.3 is 5.97 Å². The van der Waals surface area contributed by atoms with Crippen LogP contribution in [0.1, 0.15) is 38.5 Å². The minimum atomic E-state index is -0.153. The van der Waals surface area contributed by atoms with Crippen LogP contribution in [0.3, 0.4) is 0 Å². The van der Waals surface area contributed by atoms with Crippen LogP contribution in [-0.2, 0) is 9.53 Å². The zero-order valence-electron chi connectivity index (χ0n) is 10.1. The molecule has 0 aromatic heterocycles. The molecule has 0 heterocycles. The number of hydrogen-bond donors (Lipinski definition) is 2. The van der Waals surface area contributed by atoms with Gasteiger partial charge in [-0.1, -0.05) is 12.8 Å². The Balaban J connectivity index is 2.07. The van der Waals surface area contributed by atoms with Crippen molar-refractivity contribution in [2.24, 2.45) is 5.41 Å². The molecule has 1 aliphatic carbocycles. The fourth-order valence-corrected chi connectivity index (χ4v) is 2.33. The third-order valence-corrected chi connectivity index (χ3v) is 3.46. The van der Waals surface area contributed by atoms with Crippen LogP contribution in [0.15, 0.2) is 0 Å². The van der Waals surface area contributed by atoms with E-state index in [0.29, 0.717) is 6.42 Å². The first-order valence-corrected chi connectivity index (χ1v) is 6.11. The Bertz CT molecular complexity index is 212. The highest BCUT2D eigenvalue weighted by molar-refractivity contribution is 5.69. The van der Waals surface area contributed by atoms with Gasteiger partial charge in [0.05, 0.1) is 7.11 Å². The predicted octanol–water partition coefficient (Wildman–Crippen LogP) is 1.08. The SMILES string of the molecule is COC(=O)CCCNCC1(CO)CCCC1. The van der Waals surface area contributed by atoms with E-state index in [0.717, 1.165) is 32.4 Å². The van der Waals surface area contributed by atoms with Gasteiger partial charge in [-0.05, 0) is 25.8 Å². The van der Waals surface area contributed by atoms with Crippen LogP contribution >= 0.6 is 0 Å². The molecule has 0 saturated heterocycles.